The molecule has 0 aliphatic heterocycles. The largest absolute Gasteiger partial charge is 0.496 e. The van der Waals surface area contributed by atoms with Crippen molar-refractivity contribution in [2.75, 3.05) is 7.11 Å². The molecule has 1 heterocycles. The van der Waals surface area contributed by atoms with Crippen LogP contribution in [-0.4, -0.2) is 23.2 Å². The number of aromatic amines is 1. The van der Waals surface area contributed by atoms with E-state index in [0.29, 0.717) is 19.4 Å². The Balaban J connectivity index is 1.82. The van der Waals surface area contributed by atoms with Crippen molar-refractivity contribution >= 4 is 5.91 Å². The second-order valence-corrected chi connectivity index (χ2v) is 6.62. The molecule has 0 aliphatic carbocycles. The highest BCUT2D eigenvalue weighted by molar-refractivity contribution is 5.76. The van der Waals surface area contributed by atoms with Crippen LogP contribution in [0.25, 0.3) is 0 Å². The minimum absolute atomic E-state index is 0.00260. The Morgan fingerprint density at radius 2 is 2.04 bits per heavy atom. The van der Waals surface area contributed by atoms with Crippen LogP contribution < -0.4 is 10.1 Å². The first-order chi connectivity index (χ1) is 10.9. The van der Waals surface area contributed by atoms with Gasteiger partial charge in [-0.25, -0.2) is 0 Å². The number of carbonyl (C=O) groups is 1. The van der Waals surface area contributed by atoms with Gasteiger partial charge in [-0.3, -0.25) is 9.89 Å². The van der Waals surface area contributed by atoms with E-state index in [2.05, 4.69) is 36.3 Å². The van der Waals surface area contributed by atoms with E-state index in [-0.39, 0.29) is 11.3 Å². The van der Waals surface area contributed by atoms with Crippen LogP contribution in [-0.2, 0) is 23.2 Å². The monoisotopic (exact) mass is 315 g/mol. The molecule has 1 aromatic carbocycles. The number of amides is 1. The third kappa shape index (κ3) is 4.84. The van der Waals surface area contributed by atoms with Gasteiger partial charge in [0.2, 0.25) is 5.91 Å². The highest BCUT2D eigenvalue weighted by Crippen LogP contribution is 2.20. The van der Waals surface area contributed by atoms with Crippen molar-refractivity contribution in [2.24, 2.45) is 0 Å². The van der Waals surface area contributed by atoms with Crippen molar-refractivity contribution in [1.82, 2.24) is 15.5 Å². The zero-order valence-corrected chi connectivity index (χ0v) is 14.3. The Morgan fingerprint density at radius 3 is 2.70 bits per heavy atom. The van der Waals surface area contributed by atoms with Crippen LogP contribution in [0, 0.1) is 0 Å². The van der Waals surface area contributed by atoms with Gasteiger partial charge >= 0.3 is 0 Å². The number of hydrogen-bond acceptors (Lipinski definition) is 3. The molecule has 0 aliphatic rings. The van der Waals surface area contributed by atoms with Crippen LogP contribution in [0.15, 0.2) is 30.3 Å². The van der Waals surface area contributed by atoms with Gasteiger partial charge in [0.05, 0.1) is 25.0 Å². The zero-order chi connectivity index (χ0) is 16.9. The molecule has 0 unspecified atom stereocenters. The van der Waals surface area contributed by atoms with Gasteiger partial charge in [-0.15, -0.1) is 0 Å². The third-order valence-electron chi connectivity index (χ3n) is 3.69. The van der Waals surface area contributed by atoms with Gasteiger partial charge in [0.1, 0.15) is 5.75 Å². The van der Waals surface area contributed by atoms with Crippen molar-refractivity contribution in [2.45, 2.75) is 45.6 Å². The molecule has 0 bridgehead atoms. The summed E-state index contributed by atoms with van der Waals surface area (Å²) in [5.41, 5.74) is 2.96. The van der Waals surface area contributed by atoms with E-state index >= 15 is 0 Å². The van der Waals surface area contributed by atoms with E-state index in [9.17, 15) is 4.79 Å². The molecule has 1 amide bonds. The number of nitrogens with one attached hydrogen (secondary N) is 2. The van der Waals surface area contributed by atoms with Crippen molar-refractivity contribution in [3.63, 3.8) is 0 Å². The van der Waals surface area contributed by atoms with Crippen LogP contribution in [0.1, 0.15) is 44.1 Å². The molecule has 124 valence electrons. The second-order valence-electron chi connectivity index (χ2n) is 6.62. The number of methoxy groups -OCH3 is 1. The Bertz CT molecular complexity index is 656. The second kappa shape index (κ2) is 7.31. The quantitative estimate of drug-likeness (QED) is 0.861. The molecule has 5 heteroatoms. The maximum atomic E-state index is 12.0. The molecule has 0 saturated carbocycles. The van der Waals surface area contributed by atoms with Gasteiger partial charge in [0.15, 0.2) is 0 Å². The van der Waals surface area contributed by atoms with Crippen LogP contribution in [0.4, 0.5) is 0 Å². The minimum atomic E-state index is 0.00260. The van der Waals surface area contributed by atoms with Crippen molar-refractivity contribution < 1.29 is 9.53 Å². The molecular formula is C18H25N3O2. The maximum absolute atomic E-state index is 12.0. The first kappa shape index (κ1) is 17.1. The number of carbonyl (C=O) groups excluding carboxylic acids is 1. The molecule has 0 saturated heterocycles. The number of benzene rings is 1. The van der Waals surface area contributed by atoms with E-state index in [1.165, 1.54) is 0 Å². The van der Waals surface area contributed by atoms with Gasteiger partial charge in [0.25, 0.3) is 0 Å². The van der Waals surface area contributed by atoms with Crippen LogP contribution in [0.5, 0.6) is 5.75 Å². The Kier molecular flexibility index (Phi) is 5.42. The number of aromatic nitrogens is 2. The summed E-state index contributed by atoms with van der Waals surface area (Å²) in [6, 6.07) is 9.77. The van der Waals surface area contributed by atoms with Crippen LogP contribution in [0.3, 0.4) is 0 Å². The standard InChI is InChI=1S/C18H25N3O2/c1-18(2,3)16-11-14(20-21-16)12-19-17(22)10-9-13-7-5-6-8-15(13)23-4/h5-8,11H,9-10,12H2,1-4H3,(H,19,22)(H,20,21). The number of rotatable bonds is 6. The van der Waals surface area contributed by atoms with Crippen molar-refractivity contribution in [3.05, 3.63) is 47.3 Å². The average molecular weight is 315 g/mol. The number of ether oxygens (including phenoxy) is 1. The summed E-state index contributed by atoms with van der Waals surface area (Å²) in [4.78, 5) is 12.0. The van der Waals surface area contributed by atoms with Gasteiger partial charge in [-0.2, -0.15) is 5.10 Å². The normalized spacial score (nSPS) is 11.3. The lowest BCUT2D eigenvalue weighted by molar-refractivity contribution is -0.121. The summed E-state index contributed by atoms with van der Waals surface area (Å²) in [7, 11) is 1.64. The molecule has 0 fully saturated rings. The Labute approximate surface area is 137 Å². The first-order valence-electron chi connectivity index (χ1n) is 7.83. The number of aryl methyl sites for hydroxylation is 1. The zero-order valence-electron chi connectivity index (χ0n) is 14.3. The predicted octanol–water partition coefficient (Wildman–Crippen LogP) is 2.96. The van der Waals surface area contributed by atoms with E-state index < -0.39 is 0 Å². The molecule has 1 aromatic heterocycles. The molecule has 5 nitrogen and oxygen atoms in total. The summed E-state index contributed by atoms with van der Waals surface area (Å²) in [6.45, 7) is 6.80. The maximum Gasteiger partial charge on any atom is 0.220 e. The van der Waals surface area contributed by atoms with E-state index in [4.69, 9.17) is 4.74 Å². The van der Waals surface area contributed by atoms with Crippen molar-refractivity contribution in [3.8, 4) is 5.75 Å². The molecule has 0 radical (unpaired) electrons. The Hall–Kier alpha value is -2.30. The highest BCUT2D eigenvalue weighted by Gasteiger charge is 2.17. The molecule has 2 N–H and O–H groups in total. The topological polar surface area (TPSA) is 67.0 Å². The van der Waals surface area contributed by atoms with Crippen LogP contribution in [0.2, 0.25) is 0 Å². The third-order valence-corrected chi connectivity index (χ3v) is 3.69. The van der Waals surface area contributed by atoms with E-state index in [1.807, 2.05) is 30.3 Å². The van der Waals surface area contributed by atoms with Gasteiger partial charge < -0.3 is 10.1 Å². The van der Waals surface area contributed by atoms with Crippen LogP contribution >= 0.6 is 0 Å². The number of para-hydroxylation sites is 1. The minimum Gasteiger partial charge on any atom is -0.496 e. The lowest BCUT2D eigenvalue weighted by atomic mass is 9.92. The fourth-order valence-corrected chi connectivity index (χ4v) is 2.28. The smallest absolute Gasteiger partial charge is 0.220 e. The highest BCUT2D eigenvalue weighted by atomic mass is 16.5. The fraction of sp³-hybridized carbons (Fsp3) is 0.444. The van der Waals surface area contributed by atoms with E-state index in [1.54, 1.807) is 7.11 Å². The summed E-state index contributed by atoms with van der Waals surface area (Å²) < 4.78 is 5.30. The average Bonchev–Trinajstić information content (AvgIpc) is 3.00. The van der Waals surface area contributed by atoms with Gasteiger partial charge in [0, 0.05) is 11.8 Å². The number of hydrogen-bond donors (Lipinski definition) is 2. The van der Waals surface area contributed by atoms with Crippen molar-refractivity contribution in [1.29, 1.82) is 0 Å². The van der Waals surface area contributed by atoms with Gasteiger partial charge in [-0.05, 0) is 24.1 Å². The van der Waals surface area contributed by atoms with Gasteiger partial charge in [-0.1, -0.05) is 39.0 Å². The first-order valence-corrected chi connectivity index (χ1v) is 7.83. The molecule has 23 heavy (non-hydrogen) atoms. The SMILES string of the molecule is COc1ccccc1CCC(=O)NCc1cc(C(C)(C)C)n[nH]1. The fourth-order valence-electron chi connectivity index (χ4n) is 2.28. The summed E-state index contributed by atoms with van der Waals surface area (Å²) >= 11 is 0. The summed E-state index contributed by atoms with van der Waals surface area (Å²) in [5.74, 6) is 0.839. The summed E-state index contributed by atoms with van der Waals surface area (Å²) in [6.07, 6.45) is 1.09. The lowest BCUT2D eigenvalue weighted by Crippen LogP contribution is -2.23. The number of H-pyrrole nitrogens is 1. The number of nitrogens with zero attached hydrogens (tertiary/aromatic N) is 1. The predicted molar refractivity (Wildman–Crippen MR) is 90.4 cm³/mol. The van der Waals surface area contributed by atoms with E-state index in [0.717, 1.165) is 22.7 Å². The lowest BCUT2D eigenvalue weighted by Gasteiger charge is -2.13. The molecule has 0 atom stereocenters. The molecular weight excluding hydrogens is 290 g/mol. The summed E-state index contributed by atoms with van der Waals surface area (Å²) in [5, 5.41) is 10.2. The molecule has 0 spiro atoms. The molecule has 2 rings (SSSR count). The molecule has 2 aromatic rings. The Morgan fingerprint density at radius 1 is 1.30 bits per heavy atom.